The Morgan fingerprint density at radius 1 is 1.30 bits per heavy atom. The van der Waals surface area contributed by atoms with Crippen LogP contribution < -0.4 is 10.4 Å². The first-order valence-corrected chi connectivity index (χ1v) is 6.26. The van der Waals surface area contributed by atoms with E-state index in [1.165, 1.54) is 13.2 Å². The molecule has 1 aromatic carbocycles. The van der Waals surface area contributed by atoms with Crippen LogP contribution in [0.15, 0.2) is 33.5 Å². The number of ketones is 1. The number of benzene rings is 1. The Kier molecular flexibility index (Phi) is 2.69. The maximum absolute atomic E-state index is 12.4. The van der Waals surface area contributed by atoms with Crippen molar-refractivity contribution in [3.05, 3.63) is 40.2 Å². The highest BCUT2D eigenvalue weighted by Crippen LogP contribution is 2.39. The van der Waals surface area contributed by atoms with Gasteiger partial charge in [-0.1, -0.05) is 0 Å². The Balaban J connectivity index is 2.12. The largest absolute Gasteiger partial charge is 0.496 e. The van der Waals surface area contributed by atoms with Crippen molar-refractivity contribution < 1.29 is 18.7 Å². The number of fused-ring (bicyclic) bond motifs is 1. The summed E-state index contributed by atoms with van der Waals surface area (Å²) in [6.45, 7) is 3.73. The van der Waals surface area contributed by atoms with E-state index in [0.717, 1.165) is 0 Å². The van der Waals surface area contributed by atoms with Gasteiger partial charge in [-0.15, -0.1) is 0 Å². The minimum Gasteiger partial charge on any atom is -0.496 e. The molecule has 1 atom stereocenters. The highest BCUT2D eigenvalue weighted by molar-refractivity contribution is 6.06. The van der Waals surface area contributed by atoms with Crippen LogP contribution in [0.2, 0.25) is 0 Å². The summed E-state index contributed by atoms with van der Waals surface area (Å²) in [4.78, 5) is 23.6. The number of carbonyl (C=O) groups excluding carboxylic acids is 1. The minimum absolute atomic E-state index is 0.125. The van der Waals surface area contributed by atoms with Gasteiger partial charge < -0.3 is 13.9 Å². The molecule has 1 saturated heterocycles. The van der Waals surface area contributed by atoms with Crippen molar-refractivity contribution in [2.45, 2.75) is 25.6 Å². The van der Waals surface area contributed by atoms with E-state index >= 15 is 0 Å². The molecule has 2 aromatic rings. The molecule has 0 N–H and O–H groups in total. The summed E-state index contributed by atoms with van der Waals surface area (Å²) in [6, 6.07) is 6.16. The van der Waals surface area contributed by atoms with E-state index in [1.54, 1.807) is 18.2 Å². The van der Waals surface area contributed by atoms with Gasteiger partial charge in [0.1, 0.15) is 17.4 Å². The van der Waals surface area contributed by atoms with Gasteiger partial charge in [0.15, 0.2) is 5.78 Å². The average Bonchev–Trinajstić information content (AvgIpc) is 3.05. The molecular weight excluding hydrogens is 260 g/mol. The molecule has 3 rings (SSSR count). The molecule has 0 saturated carbocycles. The van der Waals surface area contributed by atoms with Crippen LogP contribution in [0.5, 0.6) is 5.75 Å². The summed E-state index contributed by atoms with van der Waals surface area (Å²) in [6.07, 6.45) is -0.454. The number of Topliss-reactive ketones (excluding diaryl/α,β-unsaturated/α-hetero) is 1. The van der Waals surface area contributed by atoms with Gasteiger partial charge in [0.05, 0.1) is 18.3 Å². The summed E-state index contributed by atoms with van der Waals surface area (Å²) in [5.74, 6) is 0.253. The lowest BCUT2D eigenvalue weighted by molar-refractivity contribution is 0.0951. The van der Waals surface area contributed by atoms with Crippen LogP contribution >= 0.6 is 0 Å². The summed E-state index contributed by atoms with van der Waals surface area (Å²) >= 11 is 0. The first kappa shape index (κ1) is 12.9. The lowest BCUT2D eigenvalue weighted by atomic mass is 9.99. The quantitative estimate of drug-likeness (QED) is 0.487. The number of epoxide rings is 1. The highest BCUT2D eigenvalue weighted by Gasteiger charge is 2.53. The zero-order valence-corrected chi connectivity index (χ0v) is 11.4. The molecule has 0 spiro atoms. The molecule has 0 bridgehead atoms. The molecule has 1 aromatic heterocycles. The molecule has 5 nitrogen and oxygen atoms in total. The van der Waals surface area contributed by atoms with Gasteiger partial charge >= 0.3 is 5.63 Å². The maximum Gasteiger partial charge on any atom is 0.336 e. The molecule has 104 valence electrons. The SMILES string of the molecule is COc1cc2oc(=O)ccc2cc1C(=O)C1OC1(C)C. The molecule has 5 heteroatoms. The fraction of sp³-hybridized carbons (Fsp3) is 0.333. The molecule has 1 aliphatic heterocycles. The van der Waals surface area contributed by atoms with Gasteiger partial charge in [-0.05, 0) is 26.0 Å². The van der Waals surface area contributed by atoms with Crippen molar-refractivity contribution in [1.29, 1.82) is 0 Å². The zero-order valence-electron chi connectivity index (χ0n) is 11.4. The van der Waals surface area contributed by atoms with E-state index < -0.39 is 17.3 Å². The summed E-state index contributed by atoms with van der Waals surface area (Å²) in [7, 11) is 1.47. The molecule has 1 unspecified atom stereocenters. The van der Waals surface area contributed by atoms with Crippen LogP contribution in [0.1, 0.15) is 24.2 Å². The van der Waals surface area contributed by atoms with Crippen molar-refractivity contribution in [3.8, 4) is 5.75 Å². The summed E-state index contributed by atoms with van der Waals surface area (Å²) in [5, 5.41) is 0.673. The third kappa shape index (κ3) is 2.00. The van der Waals surface area contributed by atoms with Crippen molar-refractivity contribution in [3.63, 3.8) is 0 Å². The number of hydrogen-bond acceptors (Lipinski definition) is 5. The second-order valence-corrected chi connectivity index (χ2v) is 5.31. The van der Waals surface area contributed by atoms with Crippen LogP contribution in [0.3, 0.4) is 0 Å². The van der Waals surface area contributed by atoms with Crippen LogP contribution in [-0.4, -0.2) is 24.6 Å². The minimum atomic E-state index is -0.454. The molecule has 20 heavy (non-hydrogen) atoms. The Morgan fingerprint density at radius 3 is 2.60 bits per heavy atom. The van der Waals surface area contributed by atoms with Crippen molar-refractivity contribution in [2.75, 3.05) is 7.11 Å². The predicted octanol–water partition coefficient (Wildman–Crippen LogP) is 2.16. The van der Waals surface area contributed by atoms with Gasteiger partial charge in [-0.3, -0.25) is 4.79 Å². The average molecular weight is 274 g/mol. The number of methoxy groups -OCH3 is 1. The Morgan fingerprint density at radius 2 is 2.00 bits per heavy atom. The van der Waals surface area contributed by atoms with E-state index in [1.807, 2.05) is 13.8 Å². The van der Waals surface area contributed by atoms with Gasteiger partial charge in [0.25, 0.3) is 0 Å². The van der Waals surface area contributed by atoms with Gasteiger partial charge in [0, 0.05) is 17.5 Å². The monoisotopic (exact) mass is 274 g/mol. The number of carbonyl (C=O) groups is 1. The molecule has 1 aliphatic rings. The summed E-state index contributed by atoms with van der Waals surface area (Å²) < 4.78 is 15.7. The lowest BCUT2D eigenvalue weighted by Gasteiger charge is -2.08. The fourth-order valence-electron chi connectivity index (χ4n) is 2.24. The maximum atomic E-state index is 12.4. The first-order chi connectivity index (χ1) is 9.42. The number of ether oxygens (including phenoxy) is 2. The topological polar surface area (TPSA) is 69.0 Å². The van der Waals surface area contributed by atoms with Crippen LogP contribution in [0.25, 0.3) is 11.0 Å². The molecule has 1 fully saturated rings. The molecule has 2 heterocycles. The molecule has 0 amide bonds. The number of rotatable bonds is 3. The second-order valence-electron chi connectivity index (χ2n) is 5.31. The predicted molar refractivity (Wildman–Crippen MR) is 72.3 cm³/mol. The van der Waals surface area contributed by atoms with Gasteiger partial charge in [-0.2, -0.15) is 0 Å². The van der Waals surface area contributed by atoms with Crippen molar-refractivity contribution >= 4 is 16.8 Å². The molecular formula is C15H14O5. The summed E-state index contributed by atoms with van der Waals surface area (Å²) in [5.41, 5.74) is -0.0445. The van der Waals surface area contributed by atoms with E-state index in [4.69, 9.17) is 13.9 Å². The van der Waals surface area contributed by atoms with Crippen molar-refractivity contribution in [1.82, 2.24) is 0 Å². The Bertz CT molecular complexity index is 756. The standard InChI is InChI=1S/C15H14O5/c1-15(2)14(20-15)13(17)9-6-8-4-5-12(16)19-10(8)7-11(9)18-3/h4-7,14H,1-3H3. The third-order valence-electron chi connectivity index (χ3n) is 3.44. The first-order valence-electron chi connectivity index (χ1n) is 6.26. The van der Waals surface area contributed by atoms with E-state index in [9.17, 15) is 9.59 Å². The van der Waals surface area contributed by atoms with E-state index in [-0.39, 0.29) is 5.78 Å². The fourth-order valence-corrected chi connectivity index (χ4v) is 2.24. The van der Waals surface area contributed by atoms with E-state index in [0.29, 0.717) is 22.3 Å². The Labute approximate surface area is 115 Å². The third-order valence-corrected chi connectivity index (χ3v) is 3.44. The lowest BCUT2D eigenvalue weighted by Crippen LogP contribution is -2.16. The molecule has 0 radical (unpaired) electrons. The Hall–Kier alpha value is -2.14. The number of hydrogen-bond donors (Lipinski definition) is 0. The highest BCUT2D eigenvalue weighted by atomic mass is 16.6. The van der Waals surface area contributed by atoms with Crippen LogP contribution in [0, 0.1) is 0 Å². The van der Waals surface area contributed by atoms with Gasteiger partial charge in [-0.25, -0.2) is 4.79 Å². The normalized spacial score (nSPS) is 19.9. The van der Waals surface area contributed by atoms with Crippen LogP contribution in [0.4, 0.5) is 0 Å². The van der Waals surface area contributed by atoms with Gasteiger partial charge in [0.2, 0.25) is 0 Å². The second kappa shape index (κ2) is 4.18. The smallest absolute Gasteiger partial charge is 0.336 e. The van der Waals surface area contributed by atoms with Crippen molar-refractivity contribution in [2.24, 2.45) is 0 Å². The van der Waals surface area contributed by atoms with Crippen LogP contribution in [-0.2, 0) is 4.74 Å². The van der Waals surface area contributed by atoms with E-state index in [2.05, 4.69) is 0 Å². The molecule has 0 aliphatic carbocycles. The zero-order chi connectivity index (χ0) is 14.5.